The lowest BCUT2D eigenvalue weighted by atomic mass is 10.1. The van der Waals surface area contributed by atoms with Crippen molar-refractivity contribution in [3.63, 3.8) is 0 Å². The van der Waals surface area contributed by atoms with E-state index in [1.165, 1.54) is 26.2 Å². The Labute approximate surface area is 194 Å². The summed E-state index contributed by atoms with van der Waals surface area (Å²) in [6, 6.07) is 11.9. The van der Waals surface area contributed by atoms with E-state index in [0.29, 0.717) is 31.7 Å². The van der Waals surface area contributed by atoms with Crippen LogP contribution in [0.2, 0.25) is 0 Å². The number of amides is 1. The Kier molecular flexibility index (Phi) is 6.22. The second-order valence-corrected chi connectivity index (χ2v) is 10.4. The first-order chi connectivity index (χ1) is 15.7. The number of aryl methyl sites for hydroxylation is 1. The maximum atomic E-state index is 13.0. The maximum Gasteiger partial charge on any atom is 0.253 e. The number of carbonyl (C=O) groups excluding carboxylic acids is 1. The van der Waals surface area contributed by atoms with E-state index in [9.17, 15) is 13.2 Å². The molecule has 3 heterocycles. The van der Waals surface area contributed by atoms with Crippen LogP contribution in [0.5, 0.6) is 0 Å². The number of rotatable bonds is 5. The number of benzene rings is 1. The van der Waals surface area contributed by atoms with Crippen LogP contribution in [0.1, 0.15) is 21.7 Å². The lowest BCUT2D eigenvalue weighted by Crippen LogP contribution is -2.49. The molecule has 1 aliphatic heterocycles. The van der Waals surface area contributed by atoms with Gasteiger partial charge in [-0.2, -0.15) is 5.10 Å². The molecule has 1 aliphatic rings. The van der Waals surface area contributed by atoms with Gasteiger partial charge in [0.15, 0.2) is 5.82 Å². The molecular weight excluding hydrogens is 440 g/mol. The Morgan fingerprint density at radius 3 is 2.21 bits per heavy atom. The summed E-state index contributed by atoms with van der Waals surface area (Å²) in [6.45, 7) is 6.55. The van der Waals surface area contributed by atoms with Crippen LogP contribution in [0, 0.1) is 13.8 Å². The van der Waals surface area contributed by atoms with Crippen molar-refractivity contribution in [3.8, 4) is 5.82 Å². The molecule has 0 radical (unpaired) electrons. The van der Waals surface area contributed by atoms with Gasteiger partial charge < -0.3 is 9.80 Å². The van der Waals surface area contributed by atoms with Crippen molar-refractivity contribution in [1.82, 2.24) is 24.0 Å². The van der Waals surface area contributed by atoms with Crippen LogP contribution < -0.4 is 4.90 Å². The zero-order chi connectivity index (χ0) is 23.8. The minimum atomic E-state index is -3.52. The molecule has 1 amide bonds. The van der Waals surface area contributed by atoms with Crippen molar-refractivity contribution in [1.29, 1.82) is 0 Å². The summed E-state index contributed by atoms with van der Waals surface area (Å²) >= 11 is 0. The normalized spacial score (nSPS) is 14.7. The number of piperazine rings is 1. The van der Waals surface area contributed by atoms with Gasteiger partial charge in [0.2, 0.25) is 10.0 Å². The molecule has 4 rings (SSSR count). The highest BCUT2D eigenvalue weighted by atomic mass is 32.2. The lowest BCUT2D eigenvalue weighted by Gasteiger charge is -2.36. The smallest absolute Gasteiger partial charge is 0.253 e. The minimum Gasteiger partial charge on any atom is -0.365 e. The molecule has 2 aromatic heterocycles. The predicted octanol–water partition coefficient (Wildman–Crippen LogP) is 2.10. The van der Waals surface area contributed by atoms with E-state index in [0.717, 1.165) is 27.2 Å². The van der Waals surface area contributed by atoms with Gasteiger partial charge in [0.05, 0.1) is 22.0 Å². The largest absolute Gasteiger partial charge is 0.365 e. The van der Waals surface area contributed by atoms with E-state index in [1.807, 2.05) is 36.7 Å². The van der Waals surface area contributed by atoms with Crippen LogP contribution in [-0.4, -0.2) is 78.6 Å². The predicted molar refractivity (Wildman–Crippen MR) is 126 cm³/mol. The average Bonchev–Trinajstić information content (AvgIpc) is 3.13. The van der Waals surface area contributed by atoms with Gasteiger partial charge >= 0.3 is 0 Å². The summed E-state index contributed by atoms with van der Waals surface area (Å²) in [5.74, 6) is 0.680. The second kappa shape index (κ2) is 8.95. The SMILES string of the molecule is Cc1nn(-c2ccccn2)c(C)c1N1CCN(C(=O)c2ccc(S(=O)(=O)N(C)C)cc2)CC1. The highest BCUT2D eigenvalue weighted by molar-refractivity contribution is 7.89. The minimum absolute atomic E-state index is 0.0962. The first kappa shape index (κ1) is 22.9. The number of aromatic nitrogens is 3. The molecule has 33 heavy (non-hydrogen) atoms. The van der Waals surface area contributed by atoms with E-state index in [1.54, 1.807) is 23.2 Å². The van der Waals surface area contributed by atoms with Gasteiger partial charge in [-0.1, -0.05) is 6.07 Å². The molecule has 3 aromatic rings. The molecule has 0 bridgehead atoms. The van der Waals surface area contributed by atoms with Crippen molar-refractivity contribution in [2.75, 3.05) is 45.2 Å². The van der Waals surface area contributed by atoms with Crippen molar-refractivity contribution < 1.29 is 13.2 Å². The lowest BCUT2D eigenvalue weighted by molar-refractivity contribution is 0.0746. The summed E-state index contributed by atoms with van der Waals surface area (Å²) in [7, 11) is -0.552. The molecule has 0 atom stereocenters. The van der Waals surface area contributed by atoms with Gasteiger partial charge in [-0.25, -0.2) is 22.4 Å². The summed E-state index contributed by atoms with van der Waals surface area (Å²) in [4.78, 5) is 21.6. The Morgan fingerprint density at radius 1 is 0.970 bits per heavy atom. The van der Waals surface area contributed by atoms with Crippen LogP contribution in [0.25, 0.3) is 5.82 Å². The quantitative estimate of drug-likeness (QED) is 0.570. The first-order valence-corrected chi connectivity index (χ1v) is 12.2. The third kappa shape index (κ3) is 4.36. The van der Waals surface area contributed by atoms with Gasteiger partial charge in [0, 0.05) is 52.0 Å². The molecule has 174 valence electrons. The summed E-state index contributed by atoms with van der Waals surface area (Å²) in [6.07, 6.45) is 1.75. The number of nitrogens with zero attached hydrogens (tertiary/aromatic N) is 6. The van der Waals surface area contributed by atoms with E-state index in [2.05, 4.69) is 15.0 Å². The monoisotopic (exact) mass is 468 g/mol. The number of hydrogen-bond acceptors (Lipinski definition) is 6. The van der Waals surface area contributed by atoms with Crippen LogP contribution in [0.15, 0.2) is 53.6 Å². The molecule has 0 spiro atoms. The van der Waals surface area contributed by atoms with E-state index in [4.69, 9.17) is 0 Å². The van der Waals surface area contributed by atoms with Crippen molar-refractivity contribution >= 4 is 21.6 Å². The topological polar surface area (TPSA) is 91.6 Å². The highest BCUT2D eigenvalue weighted by Gasteiger charge is 2.26. The number of sulfonamides is 1. The zero-order valence-electron chi connectivity index (χ0n) is 19.3. The molecule has 0 aliphatic carbocycles. The van der Waals surface area contributed by atoms with Gasteiger partial charge in [-0.05, 0) is 50.2 Å². The second-order valence-electron chi connectivity index (χ2n) is 8.21. The van der Waals surface area contributed by atoms with Crippen molar-refractivity contribution in [2.45, 2.75) is 18.7 Å². The third-order valence-corrected chi connectivity index (χ3v) is 7.71. The van der Waals surface area contributed by atoms with Crippen LogP contribution in [-0.2, 0) is 10.0 Å². The van der Waals surface area contributed by atoms with Crippen molar-refractivity contribution in [2.24, 2.45) is 0 Å². The van der Waals surface area contributed by atoms with Crippen molar-refractivity contribution in [3.05, 3.63) is 65.6 Å². The Hall–Kier alpha value is -3.24. The molecule has 0 unspecified atom stereocenters. The summed E-state index contributed by atoms with van der Waals surface area (Å²) in [5, 5.41) is 4.68. The Bertz CT molecular complexity index is 1250. The number of carbonyl (C=O) groups is 1. The average molecular weight is 469 g/mol. The third-order valence-electron chi connectivity index (χ3n) is 5.88. The van der Waals surface area contributed by atoms with Crippen LogP contribution in [0.4, 0.5) is 5.69 Å². The number of hydrogen-bond donors (Lipinski definition) is 0. The summed E-state index contributed by atoms with van der Waals surface area (Å²) < 4.78 is 27.5. The van der Waals surface area contributed by atoms with Gasteiger partial charge in [0.25, 0.3) is 5.91 Å². The molecule has 9 nitrogen and oxygen atoms in total. The summed E-state index contributed by atoms with van der Waals surface area (Å²) in [5.41, 5.74) is 3.50. The molecule has 1 fully saturated rings. The van der Waals surface area contributed by atoms with E-state index < -0.39 is 10.0 Å². The van der Waals surface area contributed by atoms with Gasteiger partial charge in [-0.3, -0.25) is 4.79 Å². The molecule has 10 heteroatoms. The fourth-order valence-electron chi connectivity index (χ4n) is 4.09. The molecule has 0 saturated carbocycles. The van der Waals surface area contributed by atoms with Gasteiger partial charge in [0.1, 0.15) is 0 Å². The number of anilines is 1. The Balaban J connectivity index is 1.45. The molecule has 1 saturated heterocycles. The standard InChI is InChI=1S/C23H28N6O3S/c1-17-22(18(2)29(25-17)21-7-5-6-12-24-21)27-13-15-28(16-14-27)23(30)19-8-10-20(11-9-19)33(31,32)26(3)4/h5-12H,13-16H2,1-4H3. The zero-order valence-corrected chi connectivity index (χ0v) is 20.1. The molecule has 0 N–H and O–H groups in total. The first-order valence-electron chi connectivity index (χ1n) is 10.7. The van der Waals surface area contributed by atoms with E-state index in [-0.39, 0.29) is 10.8 Å². The van der Waals surface area contributed by atoms with Crippen LogP contribution in [0.3, 0.4) is 0 Å². The Morgan fingerprint density at radius 2 is 1.64 bits per heavy atom. The fourth-order valence-corrected chi connectivity index (χ4v) is 4.99. The van der Waals surface area contributed by atoms with Gasteiger partial charge in [-0.15, -0.1) is 0 Å². The fraction of sp³-hybridized carbons (Fsp3) is 0.348. The maximum absolute atomic E-state index is 13.0. The molecular formula is C23H28N6O3S. The van der Waals surface area contributed by atoms with E-state index >= 15 is 0 Å². The van der Waals surface area contributed by atoms with Crippen LogP contribution >= 0.6 is 0 Å². The number of pyridine rings is 1. The molecule has 1 aromatic carbocycles. The highest BCUT2D eigenvalue weighted by Crippen LogP contribution is 2.27.